The molecule has 4 heteroatoms. The fourth-order valence-electron chi connectivity index (χ4n) is 2.44. The van der Waals surface area contributed by atoms with E-state index in [2.05, 4.69) is 16.7 Å². The number of aryl methyl sites for hydroxylation is 2. The zero-order valence-corrected chi connectivity index (χ0v) is 11.4. The first kappa shape index (κ1) is 12.2. The topological polar surface area (TPSA) is 41.1 Å². The van der Waals surface area contributed by atoms with Crippen LogP contribution in [-0.4, -0.2) is 19.0 Å². The minimum atomic E-state index is 0.115. The van der Waals surface area contributed by atoms with E-state index in [4.69, 9.17) is 0 Å². The average Bonchev–Trinajstić information content (AvgIpc) is 2.93. The Labute approximate surface area is 112 Å². The smallest absolute Gasteiger partial charge is 0.234 e. The number of carbonyl (C=O) groups is 1. The largest absolute Gasteiger partial charge is 0.350 e. The van der Waals surface area contributed by atoms with Crippen LogP contribution in [0.3, 0.4) is 0 Å². The Morgan fingerprint density at radius 2 is 2.28 bits per heavy atom. The number of hydrogen-bond acceptors (Lipinski definition) is 3. The molecule has 3 rings (SSSR count). The van der Waals surface area contributed by atoms with Gasteiger partial charge in [0.25, 0.3) is 0 Å². The molecule has 0 atom stereocenters. The molecule has 98 valence electrons. The summed E-state index contributed by atoms with van der Waals surface area (Å²) in [6, 6.07) is 2.27. The van der Waals surface area contributed by atoms with Gasteiger partial charge in [-0.3, -0.25) is 4.79 Å². The van der Waals surface area contributed by atoms with E-state index < -0.39 is 0 Å². The molecule has 0 aromatic carbocycles. The number of rotatable bonds is 6. The lowest BCUT2D eigenvalue weighted by atomic mass is 10.2. The van der Waals surface area contributed by atoms with Crippen LogP contribution in [0.1, 0.15) is 34.6 Å². The second-order valence-corrected chi connectivity index (χ2v) is 6.59. The normalized spacial score (nSPS) is 17.8. The van der Waals surface area contributed by atoms with Gasteiger partial charge in [-0.1, -0.05) is 0 Å². The first-order valence-electron chi connectivity index (χ1n) is 6.89. The van der Waals surface area contributed by atoms with Gasteiger partial charge in [0.05, 0.1) is 13.1 Å². The molecule has 0 saturated heterocycles. The second kappa shape index (κ2) is 5.41. The Hall–Kier alpha value is -0.870. The van der Waals surface area contributed by atoms with Gasteiger partial charge in [-0.2, -0.15) is 0 Å². The van der Waals surface area contributed by atoms with Gasteiger partial charge < -0.3 is 10.6 Å². The third kappa shape index (κ3) is 3.12. The van der Waals surface area contributed by atoms with E-state index in [9.17, 15) is 4.79 Å². The fraction of sp³-hybridized carbons (Fsp3) is 0.643. The summed E-state index contributed by atoms with van der Waals surface area (Å²) < 4.78 is 0. The van der Waals surface area contributed by atoms with Crippen LogP contribution < -0.4 is 10.6 Å². The van der Waals surface area contributed by atoms with E-state index in [-0.39, 0.29) is 5.91 Å². The van der Waals surface area contributed by atoms with Crippen molar-refractivity contribution < 1.29 is 4.79 Å². The second-order valence-electron chi connectivity index (χ2n) is 5.37. The molecule has 1 heterocycles. The number of fused-ring (bicyclic) bond motifs is 1. The van der Waals surface area contributed by atoms with Crippen LogP contribution >= 0.6 is 11.3 Å². The highest BCUT2D eigenvalue weighted by Gasteiger charge is 2.20. The van der Waals surface area contributed by atoms with Gasteiger partial charge in [-0.25, -0.2) is 0 Å². The van der Waals surface area contributed by atoms with Crippen molar-refractivity contribution in [1.29, 1.82) is 0 Å². The molecule has 0 aliphatic heterocycles. The Morgan fingerprint density at radius 3 is 3.06 bits per heavy atom. The van der Waals surface area contributed by atoms with Crippen molar-refractivity contribution in [1.82, 2.24) is 10.6 Å². The van der Waals surface area contributed by atoms with E-state index >= 15 is 0 Å². The van der Waals surface area contributed by atoms with E-state index in [0.717, 1.165) is 12.5 Å². The van der Waals surface area contributed by atoms with Gasteiger partial charge in [0.2, 0.25) is 5.91 Å². The van der Waals surface area contributed by atoms with Crippen LogP contribution in [0.5, 0.6) is 0 Å². The standard InChI is InChI=1S/C14H20N2OS/c17-14(9-15-7-10-4-5-10)16-8-12-6-11-2-1-3-13(11)18-12/h6,10,15H,1-5,7-9H2,(H,16,17). The summed E-state index contributed by atoms with van der Waals surface area (Å²) in [7, 11) is 0. The number of amides is 1. The zero-order valence-electron chi connectivity index (χ0n) is 10.6. The fourth-order valence-corrected chi connectivity index (χ4v) is 3.64. The minimum Gasteiger partial charge on any atom is -0.350 e. The molecule has 1 amide bonds. The van der Waals surface area contributed by atoms with Crippen LogP contribution in [0.2, 0.25) is 0 Å². The SMILES string of the molecule is O=C(CNCC1CC1)NCc1cc2c(s1)CCC2. The summed E-state index contributed by atoms with van der Waals surface area (Å²) in [5, 5.41) is 6.20. The lowest BCUT2D eigenvalue weighted by molar-refractivity contribution is -0.120. The van der Waals surface area contributed by atoms with Crippen LogP contribution in [0.4, 0.5) is 0 Å². The number of nitrogens with one attached hydrogen (secondary N) is 2. The molecule has 0 radical (unpaired) electrons. The molecule has 2 aliphatic carbocycles. The van der Waals surface area contributed by atoms with Crippen molar-refractivity contribution in [3.63, 3.8) is 0 Å². The summed E-state index contributed by atoms with van der Waals surface area (Å²) >= 11 is 1.87. The summed E-state index contributed by atoms with van der Waals surface area (Å²) in [5.41, 5.74) is 1.51. The Bertz CT molecular complexity index is 416. The summed E-state index contributed by atoms with van der Waals surface area (Å²) in [5.74, 6) is 0.947. The van der Waals surface area contributed by atoms with Crippen molar-refractivity contribution in [3.05, 3.63) is 21.4 Å². The van der Waals surface area contributed by atoms with Gasteiger partial charge >= 0.3 is 0 Å². The molecule has 1 saturated carbocycles. The first-order valence-corrected chi connectivity index (χ1v) is 7.71. The maximum absolute atomic E-state index is 11.6. The number of hydrogen-bond donors (Lipinski definition) is 2. The third-order valence-electron chi connectivity index (χ3n) is 3.67. The highest BCUT2D eigenvalue weighted by atomic mass is 32.1. The van der Waals surface area contributed by atoms with Gasteiger partial charge in [-0.15, -0.1) is 11.3 Å². The number of carbonyl (C=O) groups excluding carboxylic acids is 1. The maximum Gasteiger partial charge on any atom is 0.234 e. The van der Waals surface area contributed by atoms with Crippen molar-refractivity contribution >= 4 is 17.2 Å². The van der Waals surface area contributed by atoms with E-state index in [1.54, 1.807) is 0 Å². The van der Waals surface area contributed by atoms with Gasteiger partial charge in [0, 0.05) is 9.75 Å². The predicted octanol–water partition coefficient (Wildman–Crippen LogP) is 1.85. The van der Waals surface area contributed by atoms with Crippen LogP contribution in [-0.2, 0) is 24.2 Å². The van der Waals surface area contributed by atoms with E-state index in [1.807, 2.05) is 11.3 Å². The summed E-state index contributed by atoms with van der Waals surface area (Å²) in [6.45, 7) is 2.16. The molecule has 1 aromatic rings. The predicted molar refractivity (Wildman–Crippen MR) is 73.8 cm³/mol. The molecule has 0 unspecified atom stereocenters. The highest BCUT2D eigenvalue weighted by Crippen LogP contribution is 2.30. The summed E-state index contributed by atoms with van der Waals surface area (Å²) in [6.07, 6.45) is 6.42. The van der Waals surface area contributed by atoms with E-state index in [0.29, 0.717) is 13.1 Å². The Morgan fingerprint density at radius 1 is 1.39 bits per heavy atom. The highest BCUT2D eigenvalue weighted by molar-refractivity contribution is 7.12. The molecule has 2 N–H and O–H groups in total. The molecule has 1 fully saturated rings. The lowest BCUT2D eigenvalue weighted by Crippen LogP contribution is -2.34. The van der Waals surface area contributed by atoms with Gasteiger partial charge in [0.1, 0.15) is 0 Å². The molecular formula is C14H20N2OS. The molecular weight excluding hydrogens is 244 g/mol. The first-order chi connectivity index (χ1) is 8.81. The van der Waals surface area contributed by atoms with E-state index in [1.165, 1.54) is 47.4 Å². The van der Waals surface area contributed by atoms with Crippen LogP contribution in [0.25, 0.3) is 0 Å². The molecule has 0 bridgehead atoms. The van der Waals surface area contributed by atoms with Crippen LogP contribution in [0.15, 0.2) is 6.07 Å². The Balaban J connectivity index is 1.38. The van der Waals surface area contributed by atoms with Gasteiger partial charge in [0.15, 0.2) is 0 Å². The van der Waals surface area contributed by atoms with Crippen molar-refractivity contribution in [2.45, 2.75) is 38.6 Å². The third-order valence-corrected chi connectivity index (χ3v) is 4.91. The van der Waals surface area contributed by atoms with Crippen molar-refractivity contribution in [3.8, 4) is 0 Å². The van der Waals surface area contributed by atoms with Crippen molar-refractivity contribution in [2.75, 3.05) is 13.1 Å². The lowest BCUT2D eigenvalue weighted by Gasteiger charge is -2.05. The zero-order chi connectivity index (χ0) is 12.4. The summed E-state index contributed by atoms with van der Waals surface area (Å²) in [4.78, 5) is 14.5. The maximum atomic E-state index is 11.6. The number of thiophene rings is 1. The Kier molecular flexibility index (Phi) is 3.66. The van der Waals surface area contributed by atoms with Crippen molar-refractivity contribution in [2.24, 2.45) is 5.92 Å². The minimum absolute atomic E-state index is 0.115. The molecule has 18 heavy (non-hydrogen) atoms. The average molecular weight is 264 g/mol. The monoisotopic (exact) mass is 264 g/mol. The molecule has 1 aromatic heterocycles. The quantitative estimate of drug-likeness (QED) is 0.823. The van der Waals surface area contributed by atoms with Gasteiger partial charge in [-0.05, 0) is 56.2 Å². The molecule has 0 spiro atoms. The molecule has 3 nitrogen and oxygen atoms in total. The molecule has 2 aliphatic rings. The van der Waals surface area contributed by atoms with Crippen LogP contribution in [0, 0.1) is 5.92 Å².